The molecule has 2 N–H and O–H groups in total. The molecular formula is C20H27N3O3S. The molecule has 0 spiro atoms. The highest BCUT2D eigenvalue weighted by Crippen LogP contribution is 2.30. The number of nitrogens with zero attached hydrogens (tertiary/aromatic N) is 1. The van der Waals surface area contributed by atoms with Crippen molar-refractivity contribution in [2.75, 3.05) is 0 Å². The van der Waals surface area contributed by atoms with Gasteiger partial charge in [-0.1, -0.05) is 38.8 Å². The second-order valence-corrected chi connectivity index (χ2v) is 9.39. The average molecular weight is 390 g/mol. The number of benzene rings is 1. The van der Waals surface area contributed by atoms with Crippen molar-refractivity contribution in [3.8, 4) is 0 Å². The third kappa shape index (κ3) is 4.65. The van der Waals surface area contributed by atoms with Crippen LogP contribution in [0.5, 0.6) is 0 Å². The lowest BCUT2D eigenvalue weighted by Crippen LogP contribution is -2.43. The predicted octanol–water partition coefficient (Wildman–Crippen LogP) is 2.77. The van der Waals surface area contributed by atoms with Crippen LogP contribution in [0.4, 0.5) is 0 Å². The van der Waals surface area contributed by atoms with Crippen molar-refractivity contribution in [1.29, 1.82) is 0 Å². The summed E-state index contributed by atoms with van der Waals surface area (Å²) in [6.07, 6.45) is 3.52. The van der Waals surface area contributed by atoms with Crippen molar-refractivity contribution in [3.05, 3.63) is 57.5 Å². The molecule has 7 heteroatoms. The van der Waals surface area contributed by atoms with Gasteiger partial charge in [0.1, 0.15) is 0 Å². The van der Waals surface area contributed by atoms with Gasteiger partial charge in [0.25, 0.3) is 5.56 Å². The molecule has 3 rings (SSSR count). The van der Waals surface area contributed by atoms with Gasteiger partial charge in [0, 0.05) is 18.0 Å². The monoisotopic (exact) mass is 389 g/mol. The zero-order chi connectivity index (χ0) is 19.6. The fraction of sp³-hybridized carbons (Fsp3) is 0.500. The molecule has 2 aromatic rings. The van der Waals surface area contributed by atoms with Crippen molar-refractivity contribution in [2.45, 2.75) is 57.4 Å². The Morgan fingerprint density at radius 3 is 2.59 bits per heavy atom. The van der Waals surface area contributed by atoms with E-state index in [9.17, 15) is 13.2 Å². The van der Waals surface area contributed by atoms with Crippen LogP contribution in [0.3, 0.4) is 0 Å². The molecule has 1 aromatic carbocycles. The van der Waals surface area contributed by atoms with Gasteiger partial charge in [-0.25, -0.2) is 18.2 Å². The van der Waals surface area contributed by atoms with Crippen LogP contribution in [-0.4, -0.2) is 24.7 Å². The number of hydrogen-bond donors (Lipinski definition) is 2. The van der Waals surface area contributed by atoms with Gasteiger partial charge in [0.2, 0.25) is 10.0 Å². The second kappa shape index (κ2) is 7.94. The standard InChI is InChI=1S/C20H27N3O3S/c1-13-5-4-6-19(15(13)3)23-27(25,26)18-9-7-16(8-10-18)12-17-11-14(2)21-22-20(17)24/h7-11,13,15,19,23H,4-6,12H2,1-3H3,(H,22,24)/t13-,15-,19-/m1/s1. The number of sulfonamides is 1. The number of rotatable bonds is 5. The maximum atomic E-state index is 12.7. The topological polar surface area (TPSA) is 91.9 Å². The molecule has 27 heavy (non-hydrogen) atoms. The fourth-order valence-electron chi connectivity index (χ4n) is 3.71. The first-order chi connectivity index (χ1) is 12.8. The number of aryl methyl sites for hydroxylation is 1. The van der Waals surface area contributed by atoms with Crippen LogP contribution < -0.4 is 10.3 Å². The predicted molar refractivity (Wildman–Crippen MR) is 105 cm³/mol. The Morgan fingerprint density at radius 2 is 1.89 bits per heavy atom. The number of aromatic amines is 1. The first-order valence-electron chi connectivity index (χ1n) is 9.43. The third-order valence-corrected chi connectivity index (χ3v) is 7.16. The van der Waals surface area contributed by atoms with Crippen molar-refractivity contribution in [2.24, 2.45) is 11.8 Å². The summed E-state index contributed by atoms with van der Waals surface area (Å²) in [4.78, 5) is 12.1. The number of hydrogen-bond acceptors (Lipinski definition) is 4. The molecule has 6 nitrogen and oxygen atoms in total. The highest BCUT2D eigenvalue weighted by molar-refractivity contribution is 7.89. The van der Waals surface area contributed by atoms with E-state index >= 15 is 0 Å². The molecule has 0 aliphatic heterocycles. The maximum Gasteiger partial charge on any atom is 0.267 e. The van der Waals surface area contributed by atoms with Gasteiger partial charge in [-0.3, -0.25) is 4.79 Å². The van der Waals surface area contributed by atoms with Gasteiger partial charge >= 0.3 is 0 Å². The van der Waals surface area contributed by atoms with Gasteiger partial charge in [-0.05, 0) is 48.9 Å². The molecule has 0 saturated heterocycles. The smallest absolute Gasteiger partial charge is 0.267 e. The summed E-state index contributed by atoms with van der Waals surface area (Å²) in [6, 6.07) is 8.47. The molecule has 1 fully saturated rings. The van der Waals surface area contributed by atoms with Gasteiger partial charge in [-0.2, -0.15) is 5.10 Å². The molecule has 0 unspecified atom stereocenters. The van der Waals surface area contributed by atoms with E-state index in [-0.39, 0.29) is 16.5 Å². The van der Waals surface area contributed by atoms with Gasteiger partial charge in [0.05, 0.1) is 10.6 Å². The summed E-state index contributed by atoms with van der Waals surface area (Å²) in [5, 5.41) is 6.33. The Kier molecular flexibility index (Phi) is 5.81. The lowest BCUT2D eigenvalue weighted by molar-refractivity contribution is 0.227. The van der Waals surface area contributed by atoms with Crippen LogP contribution in [0.2, 0.25) is 0 Å². The van der Waals surface area contributed by atoms with Crippen molar-refractivity contribution in [1.82, 2.24) is 14.9 Å². The Bertz CT molecular complexity index is 951. The van der Waals surface area contributed by atoms with Crippen LogP contribution in [0.1, 0.15) is 49.9 Å². The minimum absolute atomic E-state index is 0.0169. The normalized spacial score (nSPS) is 23.3. The number of nitrogens with one attached hydrogen (secondary N) is 2. The molecule has 1 aliphatic rings. The second-order valence-electron chi connectivity index (χ2n) is 7.68. The minimum atomic E-state index is -3.55. The Morgan fingerprint density at radius 1 is 1.19 bits per heavy atom. The highest BCUT2D eigenvalue weighted by Gasteiger charge is 2.30. The largest absolute Gasteiger partial charge is 0.268 e. The summed E-state index contributed by atoms with van der Waals surface area (Å²) in [5.41, 5.74) is 2.01. The highest BCUT2D eigenvalue weighted by atomic mass is 32.2. The van der Waals surface area contributed by atoms with E-state index in [1.807, 2.05) is 6.92 Å². The Balaban J connectivity index is 1.74. The van der Waals surface area contributed by atoms with Crippen LogP contribution in [0.15, 0.2) is 40.0 Å². The van der Waals surface area contributed by atoms with Crippen LogP contribution in [-0.2, 0) is 16.4 Å². The molecule has 0 radical (unpaired) electrons. The van der Waals surface area contributed by atoms with E-state index in [1.165, 1.54) is 0 Å². The van der Waals surface area contributed by atoms with Crippen LogP contribution >= 0.6 is 0 Å². The lowest BCUT2D eigenvalue weighted by Gasteiger charge is -2.34. The molecular weight excluding hydrogens is 362 g/mol. The van der Waals surface area contributed by atoms with Crippen molar-refractivity contribution in [3.63, 3.8) is 0 Å². The quantitative estimate of drug-likeness (QED) is 0.822. The summed E-state index contributed by atoms with van der Waals surface area (Å²) in [5.74, 6) is 0.852. The number of aromatic nitrogens is 2. The molecule has 1 aromatic heterocycles. The molecule has 1 heterocycles. The molecule has 1 saturated carbocycles. The van der Waals surface area contributed by atoms with Crippen LogP contribution in [0, 0.1) is 18.8 Å². The van der Waals surface area contributed by atoms with E-state index in [4.69, 9.17) is 0 Å². The minimum Gasteiger partial charge on any atom is -0.268 e. The summed E-state index contributed by atoms with van der Waals surface area (Å²) < 4.78 is 28.4. The Hall–Kier alpha value is -1.99. The first-order valence-corrected chi connectivity index (χ1v) is 10.9. The molecule has 0 amide bonds. The van der Waals surface area contributed by atoms with Crippen LogP contribution in [0.25, 0.3) is 0 Å². The zero-order valence-corrected chi connectivity index (χ0v) is 16.8. The third-order valence-electron chi connectivity index (χ3n) is 5.65. The summed E-state index contributed by atoms with van der Waals surface area (Å²) >= 11 is 0. The first kappa shape index (κ1) is 19.8. The van der Waals surface area contributed by atoms with E-state index in [2.05, 4.69) is 28.8 Å². The number of H-pyrrole nitrogens is 1. The molecule has 1 aliphatic carbocycles. The average Bonchev–Trinajstić information content (AvgIpc) is 2.62. The van der Waals surface area contributed by atoms with E-state index in [1.54, 1.807) is 30.3 Å². The summed E-state index contributed by atoms with van der Waals surface area (Å²) in [6.45, 7) is 6.12. The SMILES string of the molecule is Cc1cc(Cc2ccc(S(=O)(=O)N[C@@H]3CCC[C@@H](C)[C@H]3C)cc2)c(=O)[nH]n1. The van der Waals surface area contributed by atoms with Crippen molar-refractivity contribution >= 4 is 10.0 Å². The van der Waals surface area contributed by atoms with Gasteiger partial charge in [0.15, 0.2) is 0 Å². The lowest BCUT2D eigenvalue weighted by atomic mass is 9.78. The van der Waals surface area contributed by atoms with Gasteiger partial charge < -0.3 is 0 Å². The Labute approximate surface area is 160 Å². The van der Waals surface area contributed by atoms with Gasteiger partial charge in [-0.15, -0.1) is 0 Å². The van der Waals surface area contributed by atoms with E-state index in [0.29, 0.717) is 23.8 Å². The maximum absolute atomic E-state index is 12.7. The van der Waals surface area contributed by atoms with E-state index in [0.717, 1.165) is 30.5 Å². The molecule has 0 bridgehead atoms. The fourth-order valence-corrected chi connectivity index (χ4v) is 5.08. The van der Waals surface area contributed by atoms with Crippen molar-refractivity contribution < 1.29 is 8.42 Å². The summed E-state index contributed by atoms with van der Waals surface area (Å²) in [7, 11) is -3.55. The molecule has 3 atom stereocenters. The van der Waals surface area contributed by atoms with E-state index < -0.39 is 10.0 Å². The molecule has 146 valence electrons. The zero-order valence-electron chi connectivity index (χ0n) is 16.0.